The van der Waals surface area contributed by atoms with E-state index in [-0.39, 0.29) is 5.91 Å². The highest BCUT2D eigenvalue weighted by molar-refractivity contribution is 5.87. The van der Waals surface area contributed by atoms with Crippen LogP contribution in [-0.2, 0) is 14.3 Å². The van der Waals surface area contributed by atoms with Crippen molar-refractivity contribution in [1.82, 2.24) is 5.32 Å². The first-order valence-corrected chi connectivity index (χ1v) is 6.38. The zero-order valence-electron chi connectivity index (χ0n) is 11.9. The molecule has 0 aromatic heterocycles. The van der Waals surface area contributed by atoms with E-state index in [2.05, 4.69) is 23.6 Å². The highest BCUT2D eigenvalue weighted by atomic mass is 16.5. The second-order valence-electron chi connectivity index (χ2n) is 5.06. The molecular weight excluding hydrogens is 230 g/mol. The number of carbonyl (C=O) groups is 2. The van der Waals surface area contributed by atoms with Crippen molar-refractivity contribution in [1.29, 1.82) is 0 Å². The third-order valence-electron chi connectivity index (χ3n) is 2.96. The van der Waals surface area contributed by atoms with Crippen molar-refractivity contribution in [3.63, 3.8) is 0 Å². The summed E-state index contributed by atoms with van der Waals surface area (Å²) in [6, 6.07) is -0.638. The maximum Gasteiger partial charge on any atom is 0.328 e. The molecule has 0 saturated carbocycles. The molecule has 0 fully saturated rings. The van der Waals surface area contributed by atoms with Crippen LogP contribution in [0, 0.1) is 5.41 Å². The Kier molecular flexibility index (Phi) is 7.32. The number of ether oxygens (including phenoxy) is 1. The van der Waals surface area contributed by atoms with Gasteiger partial charge in [0.2, 0.25) is 5.91 Å². The molecule has 1 N–H and O–H groups in total. The summed E-state index contributed by atoms with van der Waals surface area (Å²) in [4.78, 5) is 23.6. The molecule has 4 nitrogen and oxygen atoms in total. The summed E-state index contributed by atoms with van der Waals surface area (Å²) < 4.78 is 4.66. The van der Waals surface area contributed by atoms with Gasteiger partial charge >= 0.3 is 5.97 Å². The summed E-state index contributed by atoms with van der Waals surface area (Å²) in [5, 5.41) is 2.73. The van der Waals surface area contributed by atoms with Gasteiger partial charge in [-0.1, -0.05) is 39.7 Å². The minimum atomic E-state index is -0.638. The summed E-state index contributed by atoms with van der Waals surface area (Å²) in [5.41, 5.74) is -0.469. The normalized spacial score (nSPS) is 12.7. The standard InChI is InChI=1S/C14H25NO3/c1-6-8-10-14(3,4)13(17)15-11(9-7-2)12(16)18-5/h7,11H,2,6,8-10H2,1,3-5H3,(H,15,17). The van der Waals surface area contributed by atoms with Crippen LogP contribution in [0.1, 0.15) is 46.5 Å². The van der Waals surface area contributed by atoms with Crippen LogP contribution in [-0.4, -0.2) is 25.0 Å². The molecule has 1 atom stereocenters. The number of unbranched alkanes of at least 4 members (excludes halogenated alkanes) is 1. The lowest BCUT2D eigenvalue weighted by Gasteiger charge is -2.26. The van der Waals surface area contributed by atoms with Crippen molar-refractivity contribution < 1.29 is 14.3 Å². The number of rotatable bonds is 8. The smallest absolute Gasteiger partial charge is 0.328 e. The summed E-state index contributed by atoms with van der Waals surface area (Å²) >= 11 is 0. The molecule has 0 bridgehead atoms. The minimum Gasteiger partial charge on any atom is -0.467 e. The van der Waals surface area contributed by atoms with Gasteiger partial charge in [0.15, 0.2) is 0 Å². The molecule has 0 aliphatic rings. The molecular formula is C14H25NO3. The van der Waals surface area contributed by atoms with Gasteiger partial charge in [-0.2, -0.15) is 0 Å². The highest BCUT2D eigenvalue weighted by Crippen LogP contribution is 2.23. The predicted molar refractivity (Wildman–Crippen MR) is 72.1 cm³/mol. The maximum atomic E-state index is 12.1. The van der Waals surface area contributed by atoms with E-state index in [1.165, 1.54) is 7.11 Å². The lowest BCUT2D eigenvalue weighted by molar-refractivity contribution is -0.146. The van der Waals surface area contributed by atoms with Gasteiger partial charge < -0.3 is 10.1 Å². The average molecular weight is 255 g/mol. The molecule has 4 heteroatoms. The summed E-state index contributed by atoms with van der Waals surface area (Å²) in [6.45, 7) is 9.44. The Balaban J connectivity index is 4.57. The number of hydrogen-bond acceptors (Lipinski definition) is 3. The highest BCUT2D eigenvalue weighted by Gasteiger charge is 2.30. The molecule has 18 heavy (non-hydrogen) atoms. The number of nitrogens with one attached hydrogen (secondary N) is 1. The zero-order chi connectivity index (χ0) is 14.2. The third-order valence-corrected chi connectivity index (χ3v) is 2.96. The van der Waals surface area contributed by atoms with E-state index in [0.717, 1.165) is 19.3 Å². The van der Waals surface area contributed by atoms with Crippen LogP contribution in [0.2, 0.25) is 0 Å². The van der Waals surface area contributed by atoms with Crippen molar-refractivity contribution in [2.75, 3.05) is 7.11 Å². The molecule has 0 aromatic rings. The van der Waals surface area contributed by atoms with Gasteiger partial charge in [-0.05, 0) is 12.8 Å². The molecule has 1 amide bonds. The first kappa shape index (κ1) is 16.7. The van der Waals surface area contributed by atoms with E-state index in [4.69, 9.17) is 0 Å². The Labute approximate surface area is 110 Å². The van der Waals surface area contributed by atoms with Crippen LogP contribution in [0.5, 0.6) is 0 Å². The summed E-state index contributed by atoms with van der Waals surface area (Å²) in [5.74, 6) is -0.553. The molecule has 0 aliphatic carbocycles. The molecule has 1 unspecified atom stereocenters. The second-order valence-corrected chi connectivity index (χ2v) is 5.06. The van der Waals surface area contributed by atoms with Gasteiger partial charge in [0.05, 0.1) is 7.11 Å². The van der Waals surface area contributed by atoms with Crippen molar-refractivity contribution >= 4 is 11.9 Å². The number of methoxy groups -OCH3 is 1. The van der Waals surface area contributed by atoms with Crippen LogP contribution in [0.15, 0.2) is 12.7 Å². The molecule has 0 radical (unpaired) electrons. The average Bonchev–Trinajstić information content (AvgIpc) is 2.34. The Morgan fingerprint density at radius 1 is 1.44 bits per heavy atom. The third kappa shape index (κ3) is 5.34. The summed E-state index contributed by atoms with van der Waals surface area (Å²) in [6.07, 6.45) is 4.81. The van der Waals surface area contributed by atoms with Gasteiger partial charge in [0.1, 0.15) is 6.04 Å². The maximum absolute atomic E-state index is 12.1. The molecule has 0 saturated heterocycles. The second kappa shape index (κ2) is 7.90. The minimum absolute atomic E-state index is 0.117. The Morgan fingerprint density at radius 3 is 2.50 bits per heavy atom. The topological polar surface area (TPSA) is 55.4 Å². The lowest BCUT2D eigenvalue weighted by atomic mass is 9.86. The van der Waals surface area contributed by atoms with Crippen molar-refractivity contribution in [3.8, 4) is 0 Å². The van der Waals surface area contributed by atoms with Crippen LogP contribution in [0.25, 0.3) is 0 Å². The molecule has 0 rings (SSSR count). The quantitative estimate of drug-likeness (QED) is 0.535. The van der Waals surface area contributed by atoms with Gasteiger partial charge in [0, 0.05) is 5.41 Å². The first-order chi connectivity index (χ1) is 8.38. The molecule has 0 aromatic carbocycles. The van der Waals surface area contributed by atoms with E-state index in [0.29, 0.717) is 6.42 Å². The molecule has 104 valence electrons. The first-order valence-electron chi connectivity index (χ1n) is 6.38. The van der Waals surface area contributed by atoms with Gasteiger partial charge in [-0.25, -0.2) is 4.79 Å². The van der Waals surface area contributed by atoms with Crippen LogP contribution < -0.4 is 5.32 Å². The van der Waals surface area contributed by atoms with Crippen molar-refractivity contribution in [2.45, 2.75) is 52.5 Å². The van der Waals surface area contributed by atoms with E-state index in [9.17, 15) is 9.59 Å². The van der Waals surface area contributed by atoms with Crippen LogP contribution >= 0.6 is 0 Å². The van der Waals surface area contributed by atoms with E-state index in [1.54, 1.807) is 6.08 Å². The lowest BCUT2D eigenvalue weighted by Crippen LogP contribution is -2.46. The fourth-order valence-corrected chi connectivity index (χ4v) is 1.61. The zero-order valence-corrected chi connectivity index (χ0v) is 11.9. The Morgan fingerprint density at radius 2 is 2.06 bits per heavy atom. The predicted octanol–water partition coefficient (Wildman–Crippen LogP) is 2.44. The van der Waals surface area contributed by atoms with E-state index in [1.807, 2.05) is 13.8 Å². The number of hydrogen-bond donors (Lipinski definition) is 1. The SMILES string of the molecule is C=CCC(NC(=O)C(C)(C)CCCC)C(=O)OC. The number of amides is 1. The monoisotopic (exact) mass is 255 g/mol. The fraction of sp³-hybridized carbons (Fsp3) is 0.714. The Hall–Kier alpha value is -1.32. The van der Waals surface area contributed by atoms with E-state index < -0.39 is 17.4 Å². The molecule has 0 heterocycles. The largest absolute Gasteiger partial charge is 0.467 e. The fourth-order valence-electron chi connectivity index (χ4n) is 1.61. The molecule has 0 aliphatic heterocycles. The van der Waals surface area contributed by atoms with Crippen LogP contribution in [0.4, 0.5) is 0 Å². The van der Waals surface area contributed by atoms with Crippen molar-refractivity contribution in [2.24, 2.45) is 5.41 Å². The Bertz CT molecular complexity index is 297. The van der Waals surface area contributed by atoms with Gasteiger partial charge in [-0.3, -0.25) is 4.79 Å². The number of esters is 1. The number of carbonyl (C=O) groups excluding carboxylic acids is 2. The van der Waals surface area contributed by atoms with Gasteiger partial charge in [-0.15, -0.1) is 6.58 Å². The molecule has 0 spiro atoms. The summed E-state index contributed by atoms with van der Waals surface area (Å²) in [7, 11) is 1.31. The van der Waals surface area contributed by atoms with E-state index >= 15 is 0 Å². The van der Waals surface area contributed by atoms with Gasteiger partial charge in [0.25, 0.3) is 0 Å². The van der Waals surface area contributed by atoms with Crippen LogP contribution in [0.3, 0.4) is 0 Å². The van der Waals surface area contributed by atoms with Crippen molar-refractivity contribution in [3.05, 3.63) is 12.7 Å².